The minimum Gasteiger partial charge on any atom is -0.345 e. The van der Waals surface area contributed by atoms with Crippen LogP contribution in [0.2, 0.25) is 0 Å². The lowest BCUT2D eigenvalue weighted by molar-refractivity contribution is -0.132. The molecule has 2 heterocycles. The lowest BCUT2D eigenvalue weighted by Crippen LogP contribution is -2.48. The van der Waals surface area contributed by atoms with Crippen LogP contribution in [0.3, 0.4) is 0 Å². The molecule has 2 amide bonds. The van der Waals surface area contributed by atoms with Crippen LogP contribution in [-0.2, 0) is 21.5 Å². The van der Waals surface area contributed by atoms with Crippen LogP contribution < -0.4 is 5.32 Å². The highest BCUT2D eigenvalue weighted by molar-refractivity contribution is 5.93. The Labute approximate surface area is 171 Å². The number of piperidine rings is 1. The Morgan fingerprint density at radius 2 is 1.86 bits per heavy atom. The molecular weight excluding hydrogens is 364 g/mol. The molecule has 2 aliphatic rings. The second-order valence-electron chi connectivity index (χ2n) is 8.17. The van der Waals surface area contributed by atoms with Crippen LogP contribution in [-0.4, -0.2) is 34.4 Å². The van der Waals surface area contributed by atoms with Crippen LogP contribution in [0.15, 0.2) is 48.8 Å². The van der Waals surface area contributed by atoms with Crippen LogP contribution in [0.4, 0.5) is 5.69 Å². The maximum Gasteiger partial charge on any atom is 0.227 e. The van der Waals surface area contributed by atoms with Gasteiger partial charge in [-0.05, 0) is 37.3 Å². The quantitative estimate of drug-likeness (QED) is 0.822. The van der Waals surface area contributed by atoms with Crippen molar-refractivity contribution in [2.24, 2.45) is 5.92 Å². The molecule has 0 spiro atoms. The zero-order valence-electron chi connectivity index (χ0n) is 16.5. The van der Waals surface area contributed by atoms with Crippen molar-refractivity contribution in [3.05, 3.63) is 54.4 Å². The van der Waals surface area contributed by atoms with E-state index in [-0.39, 0.29) is 23.3 Å². The molecule has 1 aromatic carbocycles. The number of nitrogens with one attached hydrogen (secondary N) is 1. The first-order chi connectivity index (χ1) is 14.1. The van der Waals surface area contributed by atoms with E-state index in [1.807, 2.05) is 53.7 Å². The summed E-state index contributed by atoms with van der Waals surface area (Å²) in [6, 6.07) is 14.0. The first-order valence-corrected chi connectivity index (χ1v) is 10.3. The van der Waals surface area contributed by atoms with Crippen molar-refractivity contribution in [1.29, 1.82) is 5.26 Å². The molecule has 2 aromatic rings. The molecule has 150 valence electrons. The van der Waals surface area contributed by atoms with E-state index in [9.17, 15) is 14.9 Å². The maximum absolute atomic E-state index is 12.7. The van der Waals surface area contributed by atoms with Gasteiger partial charge in [0, 0.05) is 31.4 Å². The third kappa shape index (κ3) is 4.34. The first kappa shape index (κ1) is 19.3. The number of likely N-dealkylation sites (tertiary alicyclic amines) is 1. The third-order valence-corrected chi connectivity index (χ3v) is 6.11. The maximum atomic E-state index is 12.7. The molecule has 1 aliphatic carbocycles. The van der Waals surface area contributed by atoms with Crippen molar-refractivity contribution in [2.75, 3.05) is 18.4 Å². The van der Waals surface area contributed by atoms with Crippen molar-refractivity contribution < 1.29 is 9.59 Å². The fraction of sp³-hybridized carbons (Fsp3) is 0.435. The molecule has 1 aliphatic heterocycles. The molecule has 4 rings (SSSR count). The molecule has 6 nitrogen and oxygen atoms in total. The molecule has 29 heavy (non-hydrogen) atoms. The largest absolute Gasteiger partial charge is 0.345 e. The summed E-state index contributed by atoms with van der Waals surface area (Å²) < 4.78 is 2.07. The second-order valence-corrected chi connectivity index (χ2v) is 8.17. The van der Waals surface area contributed by atoms with Crippen LogP contribution in [0.25, 0.3) is 0 Å². The summed E-state index contributed by atoms with van der Waals surface area (Å²) in [7, 11) is 0. The number of benzene rings is 1. The number of carbonyl (C=O) groups excluding carboxylic acids is 2. The van der Waals surface area contributed by atoms with Gasteiger partial charge in [0.05, 0.1) is 30.1 Å². The smallest absolute Gasteiger partial charge is 0.227 e. The lowest BCUT2D eigenvalue weighted by Gasteiger charge is -2.42. The van der Waals surface area contributed by atoms with E-state index in [1.54, 1.807) is 0 Å². The van der Waals surface area contributed by atoms with Gasteiger partial charge in [-0.25, -0.2) is 0 Å². The summed E-state index contributed by atoms with van der Waals surface area (Å²) >= 11 is 0. The van der Waals surface area contributed by atoms with Crippen LogP contribution in [0.5, 0.6) is 0 Å². The number of hydrogen-bond donors (Lipinski definition) is 1. The van der Waals surface area contributed by atoms with Crippen molar-refractivity contribution in [1.82, 2.24) is 9.47 Å². The molecule has 1 saturated heterocycles. The number of carbonyl (C=O) groups is 2. The van der Waals surface area contributed by atoms with Gasteiger partial charge in [-0.3, -0.25) is 9.59 Å². The van der Waals surface area contributed by atoms with E-state index >= 15 is 0 Å². The molecule has 2 fully saturated rings. The minimum absolute atomic E-state index is 0.0819. The minimum atomic E-state index is -0.333. The van der Waals surface area contributed by atoms with E-state index in [2.05, 4.69) is 16.0 Å². The van der Waals surface area contributed by atoms with Crippen molar-refractivity contribution in [3.8, 4) is 6.07 Å². The highest BCUT2D eigenvalue weighted by Gasteiger charge is 2.37. The molecule has 0 unspecified atom stereocenters. The topological polar surface area (TPSA) is 78.1 Å². The number of nitriles is 1. The summed E-state index contributed by atoms with van der Waals surface area (Å²) in [5, 5.41) is 12.4. The van der Waals surface area contributed by atoms with Crippen LogP contribution >= 0.6 is 0 Å². The molecule has 1 aromatic heterocycles. The molecule has 6 heteroatoms. The Hall–Kier alpha value is -3.07. The van der Waals surface area contributed by atoms with Gasteiger partial charge in [0.1, 0.15) is 0 Å². The van der Waals surface area contributed by atoms with E-state index < -0.39 is 0 Å². The average Bonchev–Trinajstić information content (AvgIpc) is 3.48. The Morgan fingerprint density at radius 1 is 1.14 bits per heavy atom. The summed E-state index contributed by atoms with van der Waals surface area (Å²) in [6.45, 7) is 1.27. The summed E-state index contributed by atoms with van der Waals surface area (Å²) in [6.07, 6.45) is 8.07. The standard InChI is InChI=1S/C23H26N4O2/c24-12-9-23(27-13-8-20(17-27)25-22(29)19-6-7-19)10-14-26(15-11-23)21(28)16-18-4-2-1-3-5-18/h1-5,8,13,17,19H,6-7,9-11,14-16H2,(H,25,29). The van der Waals surface area contributed by atoms with Gasteiger partial charge in [-0.15, -0.1) is 0 Å². The van der Waals surface area contributed by atoms with Crippen LogP contribution in [0.1, 0.15) is 37.7 Å². The Kier molecular flexibility index (Phi) is 5.39. The first-order valence-electron chi connectivity index (χ1n) is 10.3. The Balaban J connectivity index is 1.41. The predicted octanol–water partition coefficient (Wildman–Crippen LogP) is 3.31. The molecule has 0 bridgehead atoms. The Morgan fingerprint density at radius 3 is 2.52 bits per heavy atom. The van der Waals surface area contributed by atoms with Crippen molar-refractivity contribution in [2.45, 2.75) is 44.1 Å². The number of nitrogens with zero attached hydrogens (tertiary/aromatic N) is 3. The zero-order chi connectivity index (χ0) is 20.3. The van der Waals surface area contributed by atoms with Crippen LogP contribution in [0, 0.1) is 17.2 Å². The zero-order valence-corrected chi connectivity index (χ0v) is 16.5. The highest BCUT2D eigenvalue weighted by atomic mass is 16.2. The van der Waals surface area contributed by atoms with Gasteiger partial charge in [-0.1, -0.05) is 30.3 Å². The van der Waals surface area contributed by atoms with Gasteiger partial charge < -0.3 is 14.8 Å². The SMILES string of the molecule is N#CCC1(n2ccc(NC(=O)C3CC3)c2)CCN(C(=O)Cc2ccccc2)CC1. The van der Waals surface area contributed by atoms with Gasteiger partial charge in [0.15, 0.2) is 0 Å². The average molecular weight is 390 g/mol. The fourth-order valence-corrected chi connectivity index (χ4v) is 4.08. The van der Waals surface area contributed by atoms with E-state index in [0.717, 1.165) is 36.9 Å². The lowest BCUT2D eigenvalue weighted by atomic mass is 9.84. The van der Waals surface area contributed by atoms with Gasteiger partial charge in [0.25, 0.3) is 0 Å². The number of aromatic nitrogens is 1. The second kappa shape index (κ2) is 8.12. The summed E-state index contributed by atoms with van der Waals surface area (Å²) in [5.74, 6) is 0.371. The van der Waals surface area contributed by atoms with Gasteiger partial charge in [0.2, 0.25) is 11.8 Å². The Bertz CT molecular complexity index is 916. The number of amides is 2. The van der Waals surface area contributed by atoms with E-state index in [1.165, 1.54) is 0 Å². The number of anilines is 1. The number of rotatable bonds is 6. The summed E-state index contributed by atoms with van der Waals surface area (Å²) in [5.41, 5.74) is 1.47. The molecule has 1 saturated carbocycles. The molecular formula is C23H26N4O2. The monoisotopic (exact) mass is 390 g/mol. The highest BCUT2D eigenvalue weighted by Crippen LogP contribution is 2.35. The number of hydrogen-bond acceptors (Lipinski definition) is 3. The van der Waals surface area contributed by atoms with Gasteiger partial charge in [-0.2, -0.15) is 5.26 Å². The normalized spacial score (nSPS) is 18.1. The fourth-order valence-electron chi connectivity index (χ4n) is 4.08. The molecule has 0 radical (unpaired) electrons. The van der Waals surface area contributed by atoms with E-state index in [0.29, 0.717) is 25.9 Å². The summed E-state index contributed by atoms with van der Waals surface area (Å²) in [4.78, 5) is 26.6. The van der Waals surface area contributed by atoms with Gasteiger partial charge >= 0.3 is 0 Å². The predicted molar refractivity (Wildman–Crippen MR) is 110 cm³/mol. The van der Waals surface area contributed by atoms with E-state index in [4.69, 9.17) is 0 Å². The molecule has 0 atom stereocenters. The van der Waals surface area contributed by atoms with Crippen molar-refractivity contribution >= 4 is 17.5 Å². The third-order valence-electron chi connectivity index (χ3n) is 6.11. The van der Waals surface area contributed by atoms with Crippen molar-refractivity contribution in [3.63, 3.8) is 0 Å². The molecule has 1 N–H and O–H groups in total.